The van der Waals surface area contributed by atoms with Crippen LogP contribution in [0.3, 0.4) is 0 Å². The Morgan fingerprint density at radius 1 is 1.32 bits per heavy atom. The minimum atomic E-state index is -5.07. The van der Waals surface area contributed by atoms with Crippen molar-refractivity contribution in [2.75, 3.05) is 7.11 Å². The molecule has 0 saturated carbocycles. The first-order valence-electron chi connectivity index (χ1n) is 6.17. The minimum Gasteiger partial charge on any atom is -0.541 e. The molecule has 2 aromatic rings. The number of methoxy groups -OCH3 is 1. The van der Waals surface area contributed by atoms with Gasteiger partial charge in [-0.3, -0.25) is 10.1 Å². The highest BCUT2D eigenvalue weighted by atomic mass is 19.4. The van der Waals surface area contributed by atoms with Crippen LogP contribution in [-0.2, 0) is 10.9 Å². The number of ether oxygens (including phenoxy) is 1. The summed E-state index contributed by atoms with van der Waals surface area (Å²) in [5.41, 5.74) is -4.29. The van der Waals surface area contributed by atoms with Crippen molar-refractivity contribution in [1.82, 2.24) is 14.8 Å². The number of aromatic nitrogens is 3. The molecule has 0 saturated heterocycles. The van der Waals surface area contributed by atoms with Crippen molar-refractivity contribution in [3.63, 3.8) is 0 Å². The molecule has 0 radical (unpaired) electrons. The molecule has 10 nitrogen and oxygen atoms in total. The van der Waals surface area contributed by atoms with Gasteiger partial charge in [0.15, 0.2) is 5.82 Å². The average molecular weight is 359 g/mol. The Morgan fingerprint density at radius 3 is 2.40 bits per heavy atom. The smallest absolute Gasteiger partial charge is 0.418 e. The molecule has 0 bridgehead atoms. The van der Waals surface area contributed by atoms with E-state index < -0.39 is 51.4 Å². The standard InChI is InChI=1S/C12H7F3N4O6/c1-25-11(22)5-2-8(18-4-16-9(17-18)10(20)21)6(12(13,14)15)3-7(5)19(23)24/h2-4H,1H3,(H,20,21)/p-1. The lowest BCUT2D eigenvalue weighted by Gasteiger charge is -2.14. The molecule has 0 unspecified atom stereocenters. The Bertz CT molecular complexity index is 876. The van der Waals surface area contributed by atoms with Crippen LogP contribution >= 0.6 is 0 Å². The van der Waals surface area contributed by atoms with Crippen LogP contribution < -0.4 is 5.11 Å². The lowest BCUT2D eigenvalue weighted by molar-refractivity contribution is -0.385. The van der Waals surface area contributed by atoms with Crippen LogP contribution in [0.1, 0.15) is 26.5 Å². The summed E-state index contributed by atoms with van der Waals surface area (Å²) in [4.78, 5) is 35.3. The molecular weight excluding hydrogens is 353 g/mol. The zero-order chi connectivity index (χ0) is 18.9. The number of rotatable bonds is 4. The van der Waals surface area contributed by atoms with E-state index in [-0.39, 0.29) is 6.07 Å². The topological polar surface area (TPSA) is 140 Å². The molecule has 1 aromatic carbocycles. The molecule has 1 aromatic heterocycles. The largest absolute Gasteiger partial charge is 0.541 e. The van der Waals surface area contributed by atoms with E-state index in [1.807, 2.05) is 0 Å². The number of carboxylic acid groups (broad SMARTS) is 1. The summed E-state index contributed by atoms with van der Waals surface area (Å²) >= 11 is 0. The Kier molecular flexibility index (Phi) is 4.41. The zero-order valence-electron chi connectivity index (χ0n) is 12.1. The van der Waals surface area contributed by atoms with Crippen LogP contribution in [0, 0.1) is 10.1 Å². The summed E-state index contributed by atoms with van der Waals surface area (Å²) in [6.07, 6.45) is -4.44. The number of esters is 1. The summed E-state index contributed by atoms with van der Waals surface area (Å²) in [5, 5.41) is 24.9. The Morgan fingerprint density at radius 2 is 1.96 bits per heavy atom. The van der Waals surface area contributed by atoms with Crippen LogP contribution in [0.5, 0.6) is 0 Å². The number of carboxylic acids is 1. The molecule has 0 aliphatic heterocycles. The fraction of sp³-hybridized carbons (Fsp3) is 0.167. The van der Waals surface area contributed by atoms with Gasteiger partial charge in [-0.15, -0.1) is 5.10 Å². The van der Waals surface area contributed by atoms with Gasteiger partial charge >= 0.3 is 12.1 Å². The van der Waals surface area contributed by atoms with Crippen LogP contribution in [-0.4, -0.2) is 38.7 Å². The van der Waals surface area contributed by atoms with Crippen LogP contribution in [0.4, 0.5) is 18.9 Å². The molecule has 2 rings (SSSR count). The van der Waals surface area contributed by atoms with Crippen LogP contribution in [0.25, 0.3) is 5.69 Å². The van der Waals surface area contributed by atoms with Gasteiger partial charge in [0.2, 0.25) is 0 Å². The maximum absolute atomic E-state index is 13.2. The first kappa shape index (κ1) is 17.8. The van der Waals surface area contributed by atoms with Crippen molar-refractivity contribution in [2.45, 2.75) is 6.18 Å². The quantitative estimate of drug-likeness (QED) is 0.432. The molecule has 0 fully saturated rings. The van der Waals surface area contributed by atoms with Crippen LogP contribution in [0.15, 0.2) is 18.5 Å². The number of nitro benzene ring substituents is 1. The van der Waals surface area contributed by atoms with Crippen molar-refractivity contribution in [3.05, 3.63) is 45.5 Å². The predicted molar refractivity (Wildman–Crippen MR) is 68.7 cm³/mol. The number of nitrogens with zero attached hydrogens (tertiary/aromatic N) is 4. The summed E-state index contributed by atoms with van der Waals surface area (Å²) in [6, 6.07) is 0.641. The van der Waals surface area contributed by atoms with E-state index in [0.717, 1.165) is 7.11 Å². The number of hydrogen-bond acceptors (Lipinski definition) is 8. The fourth-order valence-electron chi connectivity index (χ4n) is 1.89. The Hall–Kier alpha value is -3.51. The van der Waals surface area contributed by atoms with Gasteiger partial charge in [0.1, 0.15) is 17.9 Å². The third-order valence-corrected chi connectivity index (χ3v) is 2.94. The van der Waals surface area contributed by atoms with E-state index in [1.165, 1.54) is 0 Å². The molecule has 0 amide bonds. The maximum Gasteiger partial charge on any atom is 0.418 e. The van der Waals surface area contributed by atoms with Gasteiger partial charge < -0.3 is 14.6 Å². The lowest BCUT2D eigenvalue weighted by atomic mass is 10.1. The molecular formula is C12H6F3N4O6-. The highest BCUT2D eigenvalue weighted by molar-refractivity contribution is 5.95. The number of halogens is 3. The summed E-state index contributed by atoms with van der Waals surface area (Å²) < 4.78 is 44.4. The number of hydrogen-bond donors (Lipinski definition) is 0. The first-order chi connectivity index (χ1) is 11.6. The number of nitro groups is 1. The van der Waals surface area contributed by atoms with Crippen molar-refractivity contribution in [1.29, 1.82) is 0 Å². The fourth-order valence-corrected chi connectivity index (χ4v) is 1.89. The van der Waals surface area contributed by atoms with Crippen LogP contribution in [0.2, 0.25) is 0 Å². The number of benzene rings is 1. The highest BCUT2D eigenvalue weighted by Crippen LogP contribution is 2.37. The molecule has 0 aliphatic rings. The van der Waals surface area contributed by atoms with E-state index in [0.29, 0.717) is 17.1 Å². The van der Waals surface area contributed by atoms with E-state index >= 15 is 0 Å². The molecule has 1 heterocycles. The van der Waals surface area contributed by atoms with Gasteiger partial charge in [-0.2, -0.15) is 13.2 Å². The second-order valence-corrected chi connectivity index (χ2v) is 4.43. The van der Waals surface area contributed by atoms with E-state index in [2.05, 4.69) is 14.8 Å². The Labute approximate surface area is 135 Å². The average Bonchev–Trinajstić information content (AvgIpc) is 3.02. The number of carbonyl (C=O) groups excluding carboxylic acids is 2. The number of alkyl halides is 3. The van der Waals surface area contributed by atoms with E-state index in [1.54, 1.807) is 0 Å². The summed E-state index contributed by atoms with van der Waals surface area (Å²) in [7, 11) is 0.882. The summed E-state index contributed by atoms with van der Waals surface area (Å²) in [6.45, 7) is 0. The molecule has 0 aliphatic carbocycles. The van der Waals surface area contributed by atoms with Crippen molar-refractivity contribution < 1.29 is 37.5 Å². The van der Waals surface area contributed by atoms with E-state index in [4.69, 9.17) is 0 Å². The second kappa shape index (κ2) is 6.18. The van der Waals surface area contributed by atoms with Crippen molar-refractivity contribution >= 4 is 17.6 Å². The zero-order valence-corrected chi connectivity index (χ0v) is 12.1. The highest BCUT2D eigenvalue weighted by Gasteiger charge is 2.38. The van der Waals surface area contributed by atoms with Gasteiger partial charge in [0.25, 0.3) is 5.69 Å². The van der Waals surface area contributed by atoms with E-state index in [9.17, 15) is 38.0 Å². The molecule has 13 heteroatoms. The summed E-state index contributed by atoms with van der Waals surface area (Å²) in [5.74, 6) is -4.02. The van der Waals surface area contributed by atoms with Gasteiger partial charge in [-0.1, -0.05) is 0 Å². The molecule has 0 N–H and O–H groups in total. The minimum absolute atomic E-state index is 0.127. The SMILES string of the molecule is COC(=O)c1cc(-n2cnc(C(=O)[O-])n2)c(C(F)(F)F)cc1[N+](=O)[O-]. The Balaban J connectivity index is 2.81. The molecule has 0 spiro atoms. The third kappa shape index (κ3) is 3.39. The van der Waals surface area contributed by atoms with Gasteiger partial charge in [0.05, 0.1) is 23.3 Å². The molecule has 132 valence electrons. The van der Waals surface area contributed by atoms with Gasteiger partial charge in [-0.25, -0.2) is 14.5 Å². The third-order valence-electron chi connectivity index (χ3n) is 2.94. The predicted octanol–water partition coefficient (Wildman–Crippen LogP) is 0.344. The van der Waals surface area contributed by atoms with Crippen molar-refractivity contribution in [2.24, 2.45) is 0 Å². The van der Waals surface area contributed by atoms with Gasteiger partial charge in [-0.05, 0) is 6.07 Å². The monoisotopic (exact) mass is 359 g/mol. The molecule has 25 heavy (non-hydrogen) atoms. The first-order valence-corrected chi connectivity index (χ1v) is 6.17. The number of carbonyl (C=O) groups is 2. The second-order valence-electron chi connectivity index (χ2n) is 4.43. The molecule has 0 atom stereocenters. The van der Waals surface area contributed by atoms with Crippen molar-refractivity contribution in [3.8, 4) is 5.69 Å². The maximum atomic E-state index is 13.2. The normalized spacial score (nSPS) is 11.2. The van der Waals surface area contributed by atoms with Gasteiger partial charge in [0, 0.05) is 6.07 Å². The lowest BCUT2D eigenvalue weighted by Crippen LogP contribution is -2.24. The number of aromatic carboxylic acids is 1.